The van der Waals surface area contributed by atoms with Crippen molar-refractivity contribution in [2.45, 2.75) is 37.0 Å². The van der Waals surface area contributed by atoms with Crippen LogP contribution in [0, 0.1) is 0 Å². The average molecular weight is 201 g/mol. The Morgan fingerprint density at radius 2 is 2.13 bits per heavy atom. The van der Waals surface area contributed by atoms with Gasteiger partial charge in [0.05, 0.1) is 0 Å². The summed E-state index contributed by atoms with van der Waals surface area (Å²) in [6.45, 7) is 1.14. The Labute approximate surface area is 91.9 Å². The molecule has 2 aliphatic carbocycles. The Kier molecular flexibility index (Phi) is 2.10. The lowest BCUT2D eigenvalue weighted by Crippen LogP contribution is -2.32. The van der Waals surface area contributed by atoms with Gasteiger partial charge in [0, 0.05) is 6.54 Å². The molecule has 1 N–H and O–H groups in total. The van der Waals surface area contributed by atoms with Crippen LogP contribution in [0.2, 0.25) is 0 Å². The molecule has 1 fully saturated rings. The summed E-state index contributed by atoms with van der Waals surface area (Å²) in [5.74, 6) is 0.756. The second-order valence-electron chi connectivity index (χ2n) is 5.18. The van der Waals surface area contributed by atoms with E-state index in [1.807, 2.05) is 0 Å². The SMILES string of the molecule is CNCC1CC2(CCC2)c2ccccc21. The molecule has 1 aromatic carbocycles. The summed E-state index contributed by atoms with van der Waals surface area (Å²) in [5.41, 5.74) is 3.86. The molecule has 0 aromatic heterocycles. The third kappa shape index (κ3) is 1.26. The molecule has 2 aliphatic rings. The molecule has 1 unspecified atom stereocenters. The van der Waals surface area contributed by atoms with Gasteiger partial charge in [-0.1, -0.05) is 30.7 Å². The van der Waals surface area contributed by atoms with Crippen molar-refractivity contribution < 1.29 is 0 Å². The monoisotopic (exact) mass is 201 g/mol. The highest BCUT2D eigenvalue weighted by Gasteiger charge is 2.46. The summed E-state index contributed by atoms with van der Waals surface area (Å²) in [7, 11) is 2.06. The number of benzene rings is 1. The first-order chi connectivity index (χ1) is 7.36. The van der Waals surface area contributed by atoms with Crippen LogP contribution in [0.4, 0.5) is 0 Å². The predicted molar refractivity (Wildman–Crippen MR) is 63.3 cm³/mol. The third-order valence-corrected chi connectivity index (χ3v) is 4.37. The van der Waals surface area contributed by atoms with E-state index in [1.165, 1.54) is 25.7 Å². The minimum atomic E-state index is 0.581. The maximum Gasteiger partial charge on any atom is 0.00175 e. The lowest BCUT2D eigenvalue weighted by Gasteiger charge is -2.39. The molecular formula is C14H19N. The van der Waals surface area contributed by atoms with Gasteiger partial charge in [0.2, 0.25) is 0 Å². The van der Waals surface area contributed by atoms with E-state index < -0.39 is 0 Å². The molecule has 3 rings (SSSR count). The summed E-state index contributed by atoms with van der Waals surface area (Å²) in [4.78, 5) is 0. The topological polar surface area (TPSA) is 12.0 Å². The molecule has 0 bridgehead atoms. The summed E-state index contributed by atoms with van der Waals surface area (Å²) >= 11 is 0. The number of rotatable bonds is 2. The van der Waals surface area contributed by atoms with Gasteiger partial charge >= 0.3 is 0 Å². The van der Waals surface area contributed by atoms with E-state index >= 15 is 0 Å². The fraction of sp³-hybridized carbons (Fsp3) is 0.571. The molecule has 1 spiro atoms. The Bertz CT molecular complexity index is 365. The van der Waals surface area contributed by atoms with Crippen LogP contribution in [0.15, 0.2) is 24.3 Å². The van der Waals surface area contributed by atoms with Gasteiger partial charge < -0.3 is 5.32 Å². The first kappa shape index (κ1) is 9.41. The second-order valence-corrected chi connectivity index (χ2v) is 5.18. The number of fused-ring (bicyclic) bond motifs is 2. The minimum absolute atomic E-state index is 0.581. The van der Waals surface area contributed by atoms with E-state index in [0.717, 1.165) is 12.5 Å². The van der Waals surface area contributed by atoms with Gasteiger partial charge in [0.25, 0.3) is 0 Å². The third-order valence-electron chi connectivity index (χ3n) is 4.37. The minimum Gasteiger partial charge on any atom is -0.319 e. The van der Waals surface area contributed by atoms with Gasteiger partial charge in [-0.15, -0.1) is 0 Å². The van der Waals surface area contributed by atoms with Gasteiger partial charge in [-0.05, 0) is 48.8 Å². The van der Waals surface area contributed by atoms with Crippen molar-refractivity contribution in [3.8, 4) is 0 Å². The normalized spacial score (nSPS) is 26.3. The average Bonchev–Trinajstić information content (AvgIpc) is 2.54. The van der Waals surface area contributed by atoms with Crippen LogP contribution in [-0.4, -0.2) is 13.6 Å². The zero-order chi connectivity index (χ0) is 10.3. The van der Waals surface area contributed by atoms with Gasteiger partial charge in [-0.2, -0.15) is 0 Å². The molecular weight excluding hydrogens is 182 g/mol. The largest absolute Gasteiger partial charge is 0.319 e. The summed E-state index contributed by atoms with van der Waals surface area (Å²) < 4.78 is 0. The van der Waals surface area contributed by atoms with Crippen LogP contribution in [-0.2, 0) is 5.41 Å². The van der Waals surface area contributed by atoms with Crippen molar-refractivity contribution in [3.05, 3.63) is 35.4 Å². The van der Waals surface area contributed by atoms with Crippen molar-refractivity contribution in [2.24, 2.45) is 0 Å². The van der Waals surface area contributed by atoms with Crippen LogP contribution in [0.1, 0.15) is 42.7 Å². The van der Waals surface area contributed by atoms with E-state index in [0.29, 0.717) is 5.41 Å². The fourth-order valence-electron chi connectivity index (χ4n) is 3.53. The Balaban J connectivity index is 2.00. The van der Waals surface area contributed by atoms with Crippen molar-refractivity contribution >= 4 is 0 Å². The highest BCUT2D eigenvalue weighted by atomic mass is 14.8. The first-order valence-electron chi connectivity index (χ1n) is 6.10. The van der Waals surface area contributed by atoms with E-state index in [-0.39, 0.29) is 0 Å². The molecule has 0 aliphatic heterocycles. The molecule has 1 saturated carbocycles. The molecule has 80 valence electrons. The Morgan fingerprint density at radius 3 is 2.80 bits per heavy atom. The smallest absolute Gasteiger partial charge is 0.00175 e. The molecule has 1 heteroatoms. The van der Waals surface area contributed by atoms with E-state index in [9.17, 15) is 0 Å². The van der Waals surface area contributed by atoms with Gasteiger partial charge in [0.15, 0.2) is 0 Å². The fourth-order valence-corrected chi connectivity index (χ4v) is 3.53. The van der Waals surface area contributed by atoms with E-state index in [4.69, 9.17) is 0 Å². The molecule has 1 nitrogen and oxygen atoms in total. The van der Waals surface area contributed by atoms with E-state index in [2.05, 4.69) is 36.6 Å². The molecule has 0 saturated heterocycles. The van der Waals surface area contributed by atoms with Crippen molar-refractivity contribution in [1.82, 2.24) is 5.32 Å². The zero-order valence-corrected chi connectivity index (χ0v) is 9.42. The quantitative estimate of drug-likeness (QED) is 0.776. The van der Waals surface area contributed by atoms with Crippen molar-refractivity contribution in [2.75, 3.05) is 13.6 Å². The maximum absolute atomic E-state index is 3.34. The second kappa shape index (κ2) is 3.34. The van der Waals surface area contributed by atoms with Crippen molar-refractivity contribution in [3.63, 3.8) is 0 Å². The summed E-state index contributed by atoms with van der Waals surface area (Å²) in [6, 6.07) is 9.11. The first-order valence-corrected chi connectivity index (χ1v) is 6.10. The van der Waals surface area contributed by atoms with E-state index in [1.54, 1.807) is 11.1 Å². The molecule has 0 amide bonds. The highest BCUT2D eigenvalue weighted by molar-refractivity contribution is 5.44. The Morgan fingerprint density at radius 1 is 1.33 bits per heavy atom. The van der Waals surface area contributed by atoms with Crippen LogP contribution in [0.5, 0.6) is 0 Å². The zero-order valence-electron chi connectivity index (χ0n) is 9.42. The standard InChI is InChI=1S/C14H19N/c1-15-10-11-9-14(7-4-8-14)13-6-3-2-5-12(11)13/h2-3,5-6,11,15H,4,7-10H2,1H3. The number of nitrogens with one attached hydrogen (secondary N) is 1. The predicted octanol–water partition coefficient (Wildman–Crippen LogP) is 2.82. The summed E-state index contributed by atoms with van der Waals surface area (Å²) in [5, 5.41) is 3.34. The van der Waals surface area contributed by atoms with Gasteiger partial charge in [-0.25, -0.2) is 0 Å². The Hall–Kier alpha value is -0.820. The van der Waals surface area contributed by atoms with Crippen LogP contribution < -0.4 is 5.32 Å². The van der Waals surface area contributed by atoms with Crippen molar-refractivity contribution in [1.29, 1.82) is 0 Å². The summed E-state index contributed by atoms with van der Waals surface area (Å²) in [6.07, 6.45) is 5.66. The lowest BCUT2D eigenvalue weighted by atomic mass is 9.65. The number of likely N-dealkylation sites (N-methyl/N-ethyl adjacent to an activating group) is 1. The molecule has 0 heterocycles. The van der Waals surface area contributed by atoms with Gasteiger partial charge in [0.1, 0.15) is 0 Å². The highest BCUT2D eigenvalue weighted by Crippen LogP contribution is 2.56. The van der Waals surface area contributed by atoms with Crippen LogP contribution in [0.3, 0.4) is 0 Å². The van der Waals surface area contributed by atoms with Crippen LogP contribution in [0.25, 0.3) is 0 Å². The molecule has 1 atom stereocenters. The molecule has 0 radical (unpaired) electrons. The van der Waals surface area contributed by atoms with Gasteiger partial charge in [-0.3, -0.25) is 0 Å². The number of hydrogen-bond donors (Lipinski definition) is 1. The molecule has 15 heavy (non-hydrogen) atoms. The maximum atomic E-state index is 3.34. The lowest BCUT2D eigenvalue weighted by molar-refractivity contribution is 0.232. The van der Waals surface area contributed by atoms with Crippen LogP contribution >= 0.6 is 0 Å². The number of hydrogen-bond acceptors (Lipinski definition) is 1. The molecule has 1 aromatic rings.